The molecule has 0 saturated carbocycles. The summed E-state index contributed by atoms with van der Waals surface area (Å²) in [6, 6.07) is 7.99. The number of carbonyl (C=O) groups is 1. The van der Waals surface area contributed by atoms with E-state index in [9.17, 15) is 4.79 Å². The SMILES string of the molecule is CCN(CC)CCSCC(=O)NCc1ccccc1-c1ncc[nH]1. The Balaban J connectivity index is 1.76. The summed E-state index contributed by atoms with van der Waals surface area (Å²) in [6.07, 6.45) is 3.54. The van der Waals surface area contributed by atoms with Crippen LogP contribution in [0.2, 0.25) is 0 Å². The highest BCUT2D eigenvalue weighted by atomic mass is 32.2. The number of carbonyl (C=O) groups excluding carboxylic acids is 1. The molecular weight excluding hydrogens is 320 g/mol. The van der Waals surface area contributed by atoms with Crippen LogP contribution in [0.5, 0.6) is 0 Å². The van der Waals surface area contributed by atoms with Crippen LogP contribution in [-0.4, -0.2) is 51.9 Å². The Morgan fingerprint density at radius 1 is 1.29 bits per heavy atom. The van der Waals surface area contributed by atoms with Crippen LogP contribution in [0.25, 0.3) is 11.4 Å². The van der Waals surface area contributed by atoms with Crippen molar-refractivity contribution in [2.24, 2.45) is 0 Å². The molecule has 0 atom stereocenters. The van der Waals surface area contributed by atoms with Crippen molar-refractivity contribution in [1.82, 2.24) is 20.2 Å². The Morgan fingerprint density at radius 3 is 2.79 bits per heavy atom. The molecule has 2 aromatic rings. The lowest BCUT2D eigenvalue weighted by atomic mass is 10.1. The highest BCUT2D eigenvalue weighted by molar-refractivity contribution is 7.99. The third kappa shape index (κ3) is 5.69. The predicted octanol–water partition coefficient (Wildman–Crippen LogP) is 2.77. The predicted molar refractivity (Wildman–Crippen MR) is 101 cm³/mol. The summed E-state index contributed by atoms with van der Waals surface area (Å²) in [5.41, 5.74) is 2.09. The maximum absolute atomic E-state index is 12.0. The molecule has 0 saturated heterocycles. The molecule has 0 fully saturated rings. The van der Waals surface area contributed by atoms with Crippen molar-refractivity contribution >= 4 is 17.7 Å². The van der Waals surface area contributed by atoms with Gasteiger partial charge in [0.25, 0.3) is 0 Å². The Hall–Kier alpha value is -1.79. The molecule has 5 nitrogen and oxygen atoms in total. The van der Waals surface area contributed by atoms with Gasteiger partial charge in [0.05, 0.1) is 5.75 Å². The molecule has 0 radical (unpaired) electrons. The van der Waals surface area contributed by atoms with Crippen LogP contribution >= 0.6 is 11.8 Å². The molecule has 24 heavy (non-hydrogen) atoms. The molecule has 1 aromatic heterocycles. The Morgan fingerprint density at radius 2 is 2.08 bits per heavy atom. The van der Waals surface area contributed by atoms with Crippen LogP contribution in [0.1, 0.15) is 19.4 Å². The van der Waals surface area contributed by atoms with Crippen molar-refractivity contribution in [2.45, 2.75) is 20.4 Å². The summed E-state index contributed by atoms with van der Waals surface area (Å²) in [5, 5.41) is 3.00. The molecule has 130 valence electrons. The van der Waals surface area contributed by atoms with Crippen molar-refractivity contribution in [3.8, 4) is 11.4 Å². The minimum Gasteiger partial charge on any atom is -0.351 e. The average Bonchev–Trinajstić information content (AvgIpc) is 3.15. The molecular formula is C18H26N4OS. The number of aromatic nitrogens is 2. The molecule has 0 aliphatic carbocycles. The first-order chi connectivity index (χ1) is 11.7. The molecule has 0 spiro atoms. The smallest absolute Gasteiger partial charge is 0.230 e. The number of thioether (sulfide) groups is 1. The van der Waals surface area contributed by atoms with Crippen molar-refractivity contribution < 1.29 is 4.79 Å². The number of rotatable bonds is 10. The first-order valence-electron chi connectivity index (χ1n) is 8.39. The van der Waals surface area contributed by atoms with Crippen LogP contribution in [0.15, 0.2) is 36.7 Å². The normalized spacial score (nSPS) is 11.0. The van der Waals surface area contributed by atoms with E-state index in [1.165, 1.54) is 0 Å². The van der Waals surface area contributed by atoms with Gasteiger partial charge in [0, 0.05) is 36.8 Å². The standard InChI is InChI=1S/C18H26N4OS/c1-3-22(4-2)11-12-24-14-17(23)21-13-15-7-5-6-8-16(15)18-19-9-10-20-18/h5-10H,3-4,11-14H2,1-2H3,(H,19,20)(H,21,23). The molecule has 1 amide bonds. The van der Waals surface area contributed by atoms with Gasteiger partial charge in [0.1, 0.15) is 5.82 Å². The second kappa shape index (κ2) is 10.2. The molecule has 0 bridgehead atoms. The lowest BCUT2D eigenvalue weighted by Gasteiger charge is -2.17. The Kier molecular flexibility index (Phi) is 7.85. The van der Waals surface area contributed by atoms with Gasteiger partial charge in [-0.05, 0) is 18.7 Å². The maximum Gasteiger partial charge on any atom is 0.230 e. The lowest BCUT2D eigenvalue weighted by molar-refractivity contribution is -0.118. The fourth-order valence-corrected chi connectivity index (χ4v) is 3.28. The van der Waals surface area contributed by atoms with Crippen molar-refractivity contribution in [3.05, 3.63) is 42.2 Å². The monoisotopic (exact) mass is 346 g/mol. The molecule has 6 heteroatoms. The van der Waals surface area contributed by atoms with Crippen LogP contribution in [0.4, 0.5) is 0 Å². The number of benzene rings is 1. The molecule has 1 aromatic carbocycles. The zero-order chi connectivity index (χ0) is 17.2. The summed E-state index contributed by atoms with van der Waals surface area (Å²) >= 11 is 1.69. The zero-order valence-corrected chi connectivity index (χ0v) is 15.2. The third-order valence-corrected chi connectivity index (χ3v) is 4.86. The number of nitrogens with one attached hydrogen (secondary N) is 2. The Bertz CT molecular complexity index is 611. The summed E-state index contributed by atoms with van der Waals surface area (Å²) in [5.74, 6) is 2.39. The summed E-state index contributed by atoms with van der Waals surface area (Å²) in [4.78, 5) is 21.8. The largest absolute Gasteiger partial charge is 0.351 e. The summed E-state index contributed by atoms with van der Waals surface area (Å²) < 4.78 is 0. The quantitative estimate of drug-likeness (QED) is 0.650. The van der Waals surface area contributed by atoms with E-state index in [4.69, 9.17) is 0 Å². The van der Waals surface area contributed by atoms with Crippen LogP contribution in [0.3, 0.4) is 0 Å². The average molecular weight is 347 g/mol. The van der Waals surface area contributed by atoms with Crippen molar-refractivity contribution in [3.63, 3.8) is 0 Å². The first-order valence-corrected chi connectivity index (χ1v) is 9.54. The van der Waals surface area contributed by atoms with Crippen LogP contribution in [-0.2, 0) is 11.3 Å². The van der Waals surface area contributed by atoms with E-state index in [0.717, 1.165) is 42.3 Å². The van der Waals surface area contributed by atoms with Crippen LogP contribution in [0, 0.1) is 0 Å². The Labute approximate surface area is 148 Å². The van der Waals surface area contributed by atoms with E-state index in [1.54, 1.807) is 24.2 Å². The van der Waals surface area contributed by atoms with Gasteiger partial charge in [-0.3, -0.25) is 4.79 Å². The molecule has 0 aliphatic heterocycles. The van der Waals surface area contributed by atoms with Gasteiger partial charge in [-0.2, -0.15) is 11.8 Å². The van der Waals surface area contributed by atoms with Gasteiger partial charge in [-0.15, -0.1) is 0 Å². The number of hydrogen-bond donors (Lipinski definition) is 2. The number of amides is 1. The van der Waals surface area contributed by atoms with Gasteiger partial charge in [-0.25, -0.2) is 4.98 Å². The summed E-state index contributed by atoms with van der Waals surface area (Å²) in [7, 11) is 0. The lowest BCUT2D eigenvalue weighted by Crippen LogP contribution is -2.27. The molecule has 0 unspecified atom stereocenters. The first kappa shape index (κ1) is 18.5. The van der Waals surface area contributed by atoms with Gasteiger partial charge in [0.15, 0.2) is 0 Å². The molecule has 0 aliphatic rings. The molecule has 2 rings (SSSR count). The minimum atomic E-state index is 0.0776. The molecule has 1 heterocycles. The van der Waals surface area contributed by atoms with Crippen molar-refractivity contribution in [1.29, 1.82) is 0 Å². The number of H-pyrrole nitrogens is 1. The van der Waals surface area contributed by atoms with Crippen LogP contribution < -0.4 is 5.32 Å². The summed E-state index contributed by atoms with van der Waals surface area (Å²) in [6.45, 7) is 8.01. The number of nitrogens with zero attached hydrogens (tertiary/aromatic N) is 2. The fourth-order valence-electron chi connectivity index (χ4n) is 2.46. The third-order valence-electron chi connectivity index (χ3n) is 3.93. The van der Waals surface area contributed by atoms with E-state index in [1.807, 2.05) is 24.3 Å². The van der Waals surface area contributed by atoms with Gasteiger partial charge < -0.3 is 15.2 Å². The zero-order valence-electron chi connectivity index (χ0n) is 14.4. The van der Waals surface area contributed by atoms with E-state index >= 15 is 0 Å². The van der Waals surface area contributed by atoms with Gasteiger partial charge >= 0.3 is 0 Å². The van der Waals surface area contributed by atoms with E-state index in [0.29, 0.717) is 12.3 Å². The van der Waals surface area contributed by atoms with E-state index in [2.05, 4.69) is 34.0 Å². The maximum atomic E-state index is 12.0. The second-order valence-corrected chi connectivity index (χ2v) is 6.56. The topological polar surface area (TPSA) is 61.0 Å². The highest BCUT2D eigenvalue weighted by Gasteiger charge is 2.08. The second-order valence-electron chi connectivity index (χ2n) is 5.45. The fraction of sp³-hybridized carbons (Fsp3) is 0.444. The van der Waals surface area contributed by atoms with Gasteiger partial charge in [0.2, 0.25) is 5.91 Å². The molecule has 2 N–H and O–H groups in total. The number of hydrogen-bond acceptors (Lipinski definition) is 4. The number of aromatic amines is 1. The van der Waals surface area contributed by atoms with E-state index in [-0.39, 0.29) is 5.91 Å². The van der Waals surface area contributed by atoms with E-state index < -0.39 is 0 Å². The minimum absolute atomic E-state index is 0.0776. The number of imidazole rings is 1. The van der Waals surface area contributed by atoms with Gasteiger partial charge in [-0.1, -0.05) is 38.1 Å². The van der Waals surface area contributed by atoms with Crippen molar-refractivity contribution in [2.75, 3.05) is 31.1 Å². The highest BCUT2D eigenvalue weighted by Crippen LogP contribution is 2.19.